The van der Waals surface area contributed by atoms with Crippen LogP contribution in [0.5, 0.6) is 0 Å². The third-order valence-electron chi connectivity index (χ3n) is 2.78. The van der Waals surface area contributed by atoms with E-state index in [1.54, 1.807) is 4.68 Å². The zero-order chi connectivity index (χ0) is 14.0. The summed E-state index contributed by atoms with van der Waals surface area (Å²) in [6.07, 6.45) is 2.28. The molecule has 0 amide bonds. The fourth-order valence-electron chi connectivity index (χ4n) is 1.83. The molecule has 1 unspecified atom stereocenters. The van der Waals surface area contributed by atoms with Gasteiger partial charge in [0.15, 0.2) is 0 Å². The molecule has 7 heteroatoms. The third kappa shape index (κ3) is 2.74. The summed E-state index contributed by atoms with van der Waals surface area (Å²) in [7, 11) is 0. The molecule has 0 saturated carbocycles. The molecular weight excluding hydrogens is 274 g/mol. The number of aryl methyl sites for hydroxylation is 1. The Labute approximate surface area is 114 Å². The first-order valence-electron chi connectivity index (χ1n) is 5.83. The van der Waals surface area contributed by atoms with Crippen molar-refractivity contribution in [1.82, 2.24) is 15.0 Å². The Kier molecular flexibility index (Phi) is 4.11. The van der Waals surface area contributed by atoms with E-state index in [4.69, 9.17) is 17.3 Å². The van der Waals surface area contributed by atoms with Gasteiger partial charge in [0.05, 0.1) is 23.0 Å². The van der Waals surface area contributed by atoms with Gasteiger partial charge >= 0.3 is 0 Å². The van der Waals surface area contributed by atoms with Crippen molar-refractivity contribution < 1.29 is 8.78 Å². The van der Waals surface area contributed by atoms with Crippen LogP contribution in [-0.4, -0.2) is 15.0 Å². The molecule has 1 aromatic carbocycles. The van der Waals surface area contributed by atoms with Crippen molar-refractivity contribution in [3.05, 3.63) is 46.2 Å². The van der Waals surface area contributed by atoms with Gasteiger partial charge in [-0.25, -0.2) is 13.5 Å². The summed E-state index contributed by atoms with van der Waals surface area (Å²) >= 11 is 5.51. The van der Waals surface area contributed by atoms with Crippen molar-refractivity contribution >= 4 is 11.6 Å². The molecule has 0 spiro atoms. The van der Waals surface area contributed by atoms with E-state index in [9.17, 15) is 8.78 Å². The molecule has 102 valence electrons. The number of hydrogen-bond donors (Lipinski definition) is 1. The number of nitrogens with two attached hydrogens (primary N) is 1. The van der Waals surface area contributed by atoms with Gasteiger partial charge in [-0.15, -0.1) is 5.10 Å². The van der Waals surface area contributed by atoms with E-state index >= 15 is 0 Å². The third-order valence-corrected chi connectivity index (χ3v) is 3.07. The van der Waals surface area contributed by atoms with Crippen LogP contribution in [0, 0.1) is 11.6 Å². The molecule has 2 aromatic rings. The lowest BCUT2D eigenvalue weighted by Gasteiger charge is -2.14. The van der Waals surface area contributed by atoms with E-state index in [0.29, 0.717) is 12.2 Å². The van der Waals surface area contributed by atoms with Crippen molar-refractivity contribution in [2.45, 2.75) is 25.9 Å². The second kappa shape index (κ2) is 5.63. The van der Waals surface area contributed by atoms with E-state index in [1.807, 2.05) is 6.92 Å². The summed E-state index contributed by atoms with van der Waals surface area (Å²) in [5.41, 5.74) is 6.52. The molecule has 0 bridgehead atoms. The maximum Gasteiger partial charge on any atom is 0.142 e. The molecule has 0 aliphatic rings. The number of rotatable bonds is 4. The lowest BCUT2D eigenvalue weighted by atomic mass is 10.0. The number of halogens is 3. The van der Waals surface area contributed by atoms with Gasteiger partial charge in [0.25, 0.3) is 0 Å². The maximum absolute atomic E-state index is 13.8. The van der Waals surface area contributed by atoms with Crippen LogP contribution in [-0.2, 0) is 6.54 Å². The highest BCUT2D eigenvalue weighted by Gasteiger charge is 2.20. The van der Waals surface area contributed by atoms with Gasteiger partial charge in [-0.1, -0.05) is 23.7 Å². The first-order valence-corrected chi connectivity index (χ1v) is 6.20. The first kappa shape index (κ1) is 13.9. The van der Waals surface area contributed by atoms with Crippen molar-refractivity contribution in [3.8, 4) is 0 Å². The van der Waals surface area contributed by atoms with Crippen LogP contribution < -0.4 is 5.73 Å². The van der Waals surface area contributed by atoms with Crippen LogP contribution in [0.25, 0.3) is 0 Å². The zero-order valence-corrected chi connectivity index (χ0v) is 11.0. The van der Waals surface area contributed by atoms with Crippen LogP contribution in [0.1, 0.15) is 30.6 Å². The molecular formula is C12H13ClF2N4. The molecule has 1 atom stereocenters. The first-order chi connectivity index (χ1) is 9.04. The van der Waals surface area contributed by atoms with E-state index < -0.39 is 17.7 Å². The number of aromatic nitrogens is 3. The minimum Gasteiger partial charge on any atom is -0.319 e. The van der Waals surface area contributed by atoms with Gasteiger partial charge in [0.2, 0.25) is 0 Å². The Balaban J connectivity index is 2.41. The standard InChI is InChI=1S/C12H13ClF2N4/c1-2-3-19-11(6-17-18-19)12(16)7-4-10(15)8(13)5-9(7)14/h4-6,12H,2-3,16H2,1H3. The largest absolute Gasteiger partial charge is 0.319 e. The summed E-state index contributed by atoms with van der Waals surface area (Å²) in [4.78, 5) is 0. The lowest BCUT2D eigenvalue weighted by molar-refractivity contribution is 0.529. The smallest absolute Gasteiger partial charge is 0.142 e. The summed E-state index contributed by atoms with van der Waals surface area (Å²) in [6, 6.07) is 1.08. The van der Waals surface area contributed by atoms with Crippen LogP contribution >= 0.6 is 11.6 Å². The second-order valence-corrected chi connectivity index (χ2v) is 4.55. The highest BCUT2D eigenvalue weighted by Crippen LogP contribution is 2.26. The quantitative estimate of drug-likeness (QED) is 0.879. The summed E-state index contributed by atoms with van der Waals surface area (Å²) < 4.78 is 28.8. The number of nitrogens with zero attached hydrogens (tertiary/aromatic N) is 3. The van der Waals surface area contributed by atoms with Gasteiger partial charge in [0, 0.05) is 12.1 Å². The molecule has 0 aliphatic heterocycles. The van der Waals surface area contributed by atoms with Gasteiger partial charge in [-0.05, 0) is 18.6 Å². The van der Waals surface area contributed by atoms with Gasteiger partial charge in [-0.2, -0.15) is 0 Å². The summed E-state index contributed by atoms with van der Waals surface area (Å²) in [6.45, 7) is 2.58. The van der Waals surface area contributed by atoms with Gasteiger partial charge in [-0.3, -0.25) is 0 Å². The fourth-order valence-corrected chi connectivity index (χ4v) is 1.98. The Bertz CT molecular complexity index is 585. The molecule has 0 saturated heterocycles. The Morgan fingerprint density at radius 3 is 2.79 bits per heavy atom. The van der Waals surface area contributed by atoms with E-state index in [-0.39, 0.29) is 10.6 Å². The van der Waals surface area contributed by atoms with Crippen LogP contribution in [0.2, 0.25) is 5.02 Å². The van der Waals surface area contributed by atoms with Crippen molar-refractivity contribution in [3.63, 3.8) is 0 Å². The Morgan fingerprint density at radius 1 is 1.37 bits per heavy atom. The molecule has 1 aromatic heterocycles. The van der Waals surface area contributed by atoms with E-state index in [2.05, 4.69) is 10.3 Å². The molecule has 4 nitrogen and oxygen atoms in total. The molecule has 0 radical (unpaired) electrons. The molecule has 0 aliphatic carbocycles. The van der Waals surface area contributed by atoms with Gasteiger partial charge in [0.1, 0.15) is 11.6 Å². The van der Waals surface area contributed by atoms with Crippen molar-refractivity contribution in [1.29, 1.82) is 0 Å². The van der Waals surface area contributed by atoms with Crippen LogP contribution in [0.15, 0.2) is 18.3 Å². The summed E-state index contributed by atoms with van der Waals surface area (Å²) in [5.74, 6) is -1.36. The van der Waals surface area contributed by atoms with E-state index in [1.165, 1.54) is 6.20 Å². The zero-order valence-electron chi connectivity index (χ0n) is 10.3. The summed E-state index contributed by atoms with van der Waals surface area (Å²) in [5, 5.41) is 7.34. The van der Waals surface area contributed by atoms with Crippen LogP contribution in [0.3, 0.4) is 0 Å². The Morgan fingerprint density at radius 2 is 2.11 bits per heavy atom. The molecule has 2 rings (SSSR count). The van der Waals surface area contributed by atoms with E-state index in [0.717, 1.165) is 18.6 Å². The fraction of sp³-hybridized carbons (Fsp3) is 0.333. The molecule has 2 N–H and O–H groups in total. The minimum absolute atomic E-state index is 0.0292. The molecule has 1 heterocycles. The number of benzene rings is 1. The van der Waals surface area contributed by atoms with Crippen LogP contribution in [0.4, 0.5) is 8.78 Å². The minimum atomic E-state index is -0.840. The topological polar surface area (TPSA) is 56.7 Å². The average molecular weight is 287 g/mol. The maximum atomic E-state index is 13.8. The Hall–Kier alpha value is -1.53. The monoisotopic (exact) mass is 286 g/mol. The molecule has 19 heavy (non-hydrogen) atoms. The highest BCUT2D eigenvalue weighted by atomic mass is 35.5. The second-order valence-electron chi connectivity index (χ2n) is 4.15. The lowest BCUT2D eigenvalue weighted by Crippen LogP contribution is -2.19. The normalized spacial score (nSPS) is 12.7. The highest BCUT2D eigenvalue weighted by molar-refractivity contribution is 6.30. The SMILES string of the molecule is CCCn1nncc1C(N)c1cc(F)c(Cl)cc1F. The predicted octanol–water partition coefficient (Wildman–Crippen LogP) is 2.67. The average Bonchev–Trinajstić information content (AvgIpc) is 2.82. The predicted molar refractivity (Wildman–Crippen MR) is 67.7 cm³/mol. The van der Waals surface area contributed by atoms with Crippen molar-refractivity contribution in [2.75, 3.05) is 0 Å². The van der Waals surface area contributed by atoms with Crippen molar-refractivity contribution in [2.24, 2.45) is 5.73 Å². The number of hydrogen-bond acceptors (Lipinski definition) is 3. The van der Waals surface area contributed by atoms with Gasteiger partial charge < -0.3 is 5.73 Å². The molecule has 0 fully saturated rings.